The number of ether oxygens (including phenoxy) is 1. The molecule has 9 heteroatoms. The molecule has 2 aromatic rings. The molecule has 0 heterocycles. The van der Waals surface area contributed by atoms with Crippen LogP contribution in [0.2, 0.25) is 0 Å². The van der Waals surface area contributed by atoms with Crippen LogP contribution in [0.15, 0.2) is 48.5 Å². The highest BCUT2D eigenvalue weighted by atomic mass is 35.5. The summed E-state index contributed by atoms with van der Waals surface area (Å²) in [6, 6.07) is 9.35. The topological polar surface area (TPSA) is 75.7 Å². The third-order valence-corrected chi connectivity index (χ3v) is 4.41. The molecule has 0 aliphatic heterocycles. The number of rotatable bonds is 9. The maximum absolute atomic E-state index is 13.4. The summed E-state index contributed by atoms with van der Waals surface area (Å²) >= 11 is 0. The summed E-state index contributed by atoms with van der Waals surface area (Å²) in [6.45, 7) is -1.05. The lowest BCUT2D eigenvalue weighted by Gasteiger charge is -2.24. The van der Waals surface area contributed by atoms with E-state index in [-0.39, 0.29) is 43.4 Å². The molecule has 0 spiro atoms. The minimum Gasteiger partial charge on any atom is -0.489 e. The Bertz CT molecular complexity index is 822. The van der Waals surface area contributed by atoms with Crippen molar-refractivity contribution in [2.75, 3.05) is 19.8 Å². The van der Waals surface area contributed by atoms with Gasteiger partial charge in [0.05, 0.1) is 24.3 Å². The highest BCUT2D eigenvalue weighted by Gasteiger charge is 2.35. The van der Waals surface area contributed by atoms with Gasteiger partial charge in [-0.1, -0.05) is 24.3 Å². The SMILES string of the molecule is Cl.NC(CO)(CO)CCc1ccc(OC/C=C/c2ccc(F)cc2)c(C(F)(F)F)c1. The fourth-order valence-electron chi connectivity index (χ4n) is 2.58. The van der Waals surface area contributed by atoms with Crippen molar-refractivity contribution in [3.63, 3.8) is 0 Å². The third-order valence-electron chi connectivity index (χ3n) is 4.41. The Morgan fingerprint density at radius 1 is 1.00 bits per heavy atom. The molecule has 2 rings (SSSR count). The summed E-state index contributed by atoms with van der Waals surface area (Å²) in [5, 5.41) is 18.4. The average molecular weight is 450 g/mol. The van der Waals surface area contributed by atoms with Gasteiger partial charge in [0.25, 0.3) is 0 Å². The van der Waals surface area contributed by atoms with Gasteiger partial charge in [-0.2, -0.15) is 13.2 Å². The summed E-state index contributed by atoms with van der Waals surface area (Å²) < 4.78 is 58.4. The second-order valence-corrected chi connectivity index (χ2v) is 6.77. The zero-order valence-corrected chi connectivity index (χ0v) is 16.8. The largest absolute Gasteiger partial charge is 0.489 e. The van der Waals surface area contributed by atoms with Crippen molar-refractivity contribution in [2.45, 2.75) is 24.6 Å². The highest BCUT2D eigenvalue weighted by molar-refractivity contribution is 5.85. The van der Waals surface area contributed by atoms with Crippen molar-refractivity contribution < 1.29 is 32.5 Å². The van der Waals surface area contributed by atoms with Crippen LogP contribution in [0.4, 0.5) is 17.6 Å². The maximum Gasteiger partial charge on any atom is 0.419 e. The van der Waals surface area contributed by atoms with E-state index in [1.807, 2.05) is 0 Å². The molecule has 30 heavy (non-hydrogen) atoms. The predicted molar refractivity (Wildman–Crippen MR) is 109 cm³/mol. The number of aliphatic hydroxyl groups excluding tert-OH is 2. The van der Waals surface area contributed by atoms with E-state index in [4.69, 9.17) is 10.5 Å². The Balaban J connectivity index is 0.00000450. The van der Waals surface area contributed by atoms with Crippen LogP contribution in [0, 0.1) is 5.82 Å². The summed E-state index contributed by atoms with van der Waals surface area (Å²) in [7, 11) is 0. The van der Waals surface area contributed by atoms with E-state index >= 15 is 0 Å². The quantitative estimate of drug-likeness (QED) is 0.506. The van der Waals surface area contributed by atoms with Gasteiger partial charge < -0.3 is 20.7 Å². The second kappa shape index (κ2) is 11.3. The van der Waals surface area contributed by atoms with Crippen molar-refractivity contribution in [1.82, 2.24) is 0 Å². The minimum atomic E-state index is -4.61. The molecular weight excluding hydrogens is 426 g/mol. The number of halogens is 5. The monoisotopic (exact) mass is 449 g/mol. The van der Waals surface area contributed by atoms with Crippen molar-refractivity contribution in [2.24, 2.45) is 5.73 Å². The molecule has 4 nitrogen and oxygen atoms in total. The van der Waals surface area contributed by atoms with Gasteiger partial charge >= 0.3 is 6.18 Å². The molecule has 0 bridgehead atoms. The molecular formula is C21H24ClF4NO3. The van der Waals surface area contributed by atoms with Crippen LogP contribution in [0.5, 0.6) is 5.75 Å². The fourth-order valence-corrected chi connectivity index (χ4v) is 2.58. The Morgan fingerprint density at radius 2 is 1.63 bits per heavy atom. The average Bonchev–Trinajstić information content (AvgIpc) is 2.70. The number of nitrogens with two attached hydrogens (primary N) is 1. The molecule has 4 N–H and O–H groups in total. The molecule has 0 aromatic heterocycles. The van der Waals surface area contributed by atoms with Crippen molar-refractivity contribution in [1.29, 1.82) is 0 Å². The minimum absolute atomic E-state index is 0. The molecule has 0 unspecified atom stereocenters. The predicted octanol–water partition coefficient (Wildman–Crippen LogP) is 3.97. The van der Waals surface area contributed by atoms with Crippen LogP contribution in [-0.4, -0.2) is 35.6 Å². The second-order valence-electron chi connectivity index (χ2n) is 6.77. The van der Waals surface area contributed by atoms with Gasteiger partial charge in [-0.15, -0.1) is 12.4 Å². The highest BCUT2D eigenvalue weighted by Crippen LogP contribution is 2.37. The zero-order valence-electron chi connectivity index (χ0n) is 16.0. The van der Waals surface area contributed by atoms with Crippen molar-refractivity contribution >= 4 is 18.5 Å². The van der Waals surface area contributed by atoms with Crippen LogP contribution in [0.25, 0.3) is 6.08 Å². The first-order valence-electron chi connectivity index (χ1n) is 8.92. The summed E-state index contributed by atoms with van der Waals surface area (Å²) in [6.07, 6.45) is -1.18. The smallest absolute Gasteiger partial charge is 0.419 e. The summed E-state index contributed by atoms with van der Waals surface area (Å²) in [5.74, 6) is -0.688. The lowest BCUT2D eigenvalue weighted by molar-refractivity contribution is -0.138. The number of alkyl halides is 3. The molecule has 0 aliphatic rings. The lowest BCUT2D eigenvalue weighted by atomic mass is 9.93. The first-order chi connectivity index (χ1) is 13.7. The van der Waals surface area contributed by atoms with Gasteiger partial charge in [-0.05, 0) is 54.3 Å². The van der Waals surface area contributed by atoms with Crippen LogP contribution >= 0.6 is 12.4 Å². The van der Waals surface area contributed by atoms with Crippen LogP contribution in [0.1, 0.15) is 23.1 Å². The van der Waals surface area contributed by atoms with E-state index in [1.54, 1.807) is 6.08 Å². The Hall–Kier alpha value is -2.13. The summed E-state index contributed by atoms with van der Waals surface area (Å²) in [4.78, 5) is 0. The molecule has 0 fully saturated rings. The van der Waals surface area contributed by atoms with E-state index in [0.29, 0.717) is 11.1 Å². The molecule has 0 amide bonds. The molecule has 0 atom stereocenters. The molecule has 0 radical (unpaired) electrons. The molecule has 166 valence electrons. The number of aryl methyl sites for hydroxylation is 1. The van der Waals surface area contributed by atoms with E-state index < -0.39 is 30.5 Å². The van der Waals surface area contributed by atoms with E-state index in [1.165, 1.54) is 42.5 Å². The number of hydrogen-bond donors (Lipinski definition) is 3. The zero-order chi connectivity index (χ0) is 21.5. The van der Waals surface area contributed by atoms with Gasteiger partial charge in [0, 0.05) is 0 Å². The Kier molecular flexibility index (Phi) is 9.77. The lowest BCUT2D eigenvalue weighted by Crippen LogP contribution is -2.47. The molecule has 2 aromatic carbocycles. The van der Waals surface area contributed by atoms with Crippen LogP contribution in [0.3, 0.4) is 0 Å². The van der Waals surface area contributed by atoms with E-state index in [0.717, 1.165) is 6.07 Å². The molecule has 0 saturated heterocycles. The van der Waals surface area contributed by atoms with E-state index in [9.17, 15) is 27.8 Å². The summed E-state index contributed by atoms with van der Waals surface area (Å²) in [5.41, 5.74) is 4.65. The maximum atomic E-state index is 13.4. The van der Waals surface area contributed by atoms with Gasteiger partial charge in [-0.25, -0.2) is 4.39 Å². The standard InChI is InChI=1S/C21H23F4NO3.ClH/c22-17-6-3-15(4-7-17)2-1-11-29-19-8-5-16(12-18(19)21(23,24)25)9-10-20(26,13-27)14-28;/h1-8,12,27-28H,9-11,13-14,26H2;1H/b2-1+;. The van der Waals surface area contributed by atoms with Crippen LogP contribution in [-0.2, 0) is 12.6 Å². The number of hydrogen-bond acceptors (Lipinski definition) is 4. The van der Waals surface area contributed by atoms with Gasteiger partial charge in [0.1, 0.15) is 18.2 Å². The number of aliphatic hydroxyl groups is 2. The molecule has 0 saturated carbocycles. The molecule has 0 aliphatic carbocycles. The van der Waals surface area contributed by atoms with Gasteiger partial charge in [0.15, 0.2) is 0 Å². The van der Waals surface area contributed by atoms with Crippen molar-refractivity contribution in [3.05, 3.63) is 71.0 Å². The third kappa shape index (κ3) is 7.60. The first-order valence-corrected chi connectivity index (χ1v) is 8.92. The van der Waals surface area contributed by atoms with E-state index in [2.05, 4.69) is 0 Å². The number of benzene rings is 2. The Labute approximate surface area is 178 Å². The van der Waals surface area contributed by atoms with Crippen molar-refractivity contribution in [3.8, 4) is 5.75 Å². The normalized spacial score (nSPS) is 12.1. The van der Waals surface area contributed by atoms with Gasteiger partial charge in [0.2, 0.25) is 0 Å². The Morgan fingerprint density at radius 3 is 2.20 bits per heavy atom. The fraction of sp³-hybridized carbons (Fsp3) is 0.333. The van der Waals surface area contributed by atoms with Crippen LogP contribution < -0.4 is 10.5 Å². The van der Waals surface area contributed by atoms with Gasteiger partial charge in [-0.3, -0.25) is 0 Å². The first kappa shape index (κ1) is 25.9.